The van der Waals surface area contributed by atoms with Gasteiger partial charge in [-0.3, -0.25) is 4.79 Å². The van der Waals surface area contributed by atoms with Gasteiger partial charge >= 0.3 is 5.97 Å². The second-order valence-corrected chi connectivity index (χ2v) is 6.56. The molecule has 1 unspecified atom stereocenters. The first kappa shape index (κ1) is 18.8. The molecule has 1 heterocycles. The fourth-order valence-corrected chi connectivity index (χ4v) is 2.46. The first-order chi connectivity index (χ1) is 9.91. The smallest absolute Gasteiger partial charge is 0.311 e. The van der Waals surface area contributed by atoms with Crippen molar-refractivity contribution in [2.45, 2.75) is 45.8 Å². The van der Waals surface area contributed by atoms with E-state index in [0.717, 1.165) is 30.7 Å². The summed E-state index contributed by atoms with van der Waals surface area (Å²) in [6.07, 6.45) is 1.85. The van der Waals surface area contributed by atoms with E-state index >= 15 is 0 Å². The summed E-state index contributed by atoms with van der Waals surface area (Å²) >= 11 is 0. The van der Waals surface area contributed by atoms with Crippen LogP contribution < -0.4 is 10.1 Å². The van der Waals surface area contributed by atoms with Crippen LogP contribution in [-0.2, 0) is 9.53 Å². The third-order valence-electron chi connectivity index (χ3n) is 3.73. The Kier molecular flexibility index (Phi) is 6.69. The van der Waals surface area contributed by atoms with Crippen molar-refractivity contribution in [3.8, 4) is 5.75 Å². The van der Waals surface area contributed by atoms with Gasteiger partial charge in [0.15, 0.2) is 0 Å². The topological polar surface area (TPSA) is 47.6 Å². The number of hydrogen-bond donors (Lipinski definition) is 1. The molecule has 4 nitrogen and oxygen atoms in total. The van der Waals surface area contributed by atoms with Crippen molar-refractivity contribution in [3.05, 3.63) is 29.8 Å². The van der Waals surface area contributed by atoms with E-state index in [1.807, 2.05) is 45.0 Å². The van der Waals surface area contributed by atoms with E-state index in [1.54, 1.807) is 7.11 Å². The number of benzene rings is 1. The van der Waals surface area contributed by atoms with E-state index < -0.39 is 5.41 Å². The van der Waals surface area contributed by atoms with E-state index in [4.69, 9.17) is 9.47 Å². The summed E-state index contributed by atoms with van der Waals surface area (Å²) in [5.74, 6) is 0.603. The minimum Gasteiger partial charge on any atom is -0.497 e. The van der Waals surface area contributed by atoms with Gasteiger partial charge in [-0.25, -0.2) is 0 Å². The molecule has 1 aromatic rings. The maximum absolute atomic E-state index is 12.3. The summed E-state index contributed by atoms with van der Waals surface area (Å²) in [6.45, 7) is 6.60. The first-order valence-electron chi connectivity index (χ1n) is 7.50. The van der Waals surface area contributed by atoms with Gasteiger partial charge in [0, 0.05) is 6.04 Å². The zero-order valence-electron chi connectivity index (χ0n) is 13.7. The highest BCUT2D eigenvalue weighted by molar-refractivity contribution is 5.85. The molecule has 0 radical (unpaired) electrons. The molecule has 0 amide bonds. The lowest BCUT2D eigenvalue weighted by Crippen LogP contribution is -2.35. The average Bonchev–Trinajstić information content (AvgIpc) is 2.97. The molecule has 0 spiro atoms. The molecule has 1 aliphatic heterocycles. The Morgan fingerprint density at radius 3 is 2.64 bits per heavy atom. The van der Waals surface area contributed by atoms with E-state index in [2.05, 4.69) is 5.32 Å². The fourth-order valence-electron chi connectivity index (χ4n) is 2.46. The average molecular weight is 328 g/mol. The molecular formula is C17H26ClNO3. The van der Waals surface area contributed by atoms with Gasteiger partial charge in [0.1, 0.15) is 11.9 Å². The van der Waals surface area contributed by atoms with Crippen LogP contribution in [0.25, 0.3) is 0 Å². The van der Waals surface area contributed by atoms with Gasteiger partial charge in [-0.15, -0.1) is 12.4 Å². The third-order valence-corrected chi connectivity index (χ3v) is 3.73. The molecule has 0 aliphatic carbocycles. The Labute approximate surface area is 139 Å². The molecule has 0 aromatic heterocycles. The molecule has 2 atom stereocenters. The molecule has 22 heavy (non-hydrogen) atoms. The fraction of sp³-hybridized carbons (Fsp3) is 0.588. The van der Waals surface area contributed by atoms with E-state index in [0.29, 0.717) is 0 Å². The van der Waals surface area contributed by atoms with Crippen LogP contribution in [0.3, 0.4) is 0 Å². The van der Waals surface area contributed by atoms with Crippen LogP contribution in [0.15, 0.2) is 24.3 Å². The number of carbonyl (C=O) groups is 1. The Hall–Kier alpha value is -1.26. The van der Waals surface area contributed by atoms with E-state index in [-0.39, 0.29) is 30.5 Å². The Balaban J connectivity index is 0.00000242. The standard InChI is InChI=1S/C17H25NO3.ClH/c1-17(2,3)16(19)21-15(14-9-6-10-18-14)12-7-5-8-13(11-12)20-4;/h5,7-8,11,14-15,18H,6,9-10H2,1-4H3;1H/t14-,15?;/m0./s1. The zero-order chi connectivity index (χ0) is 15.5. The van der Waals surface area contributed by atoms with Crippen molar-refractivity contribution in [2.75, 3.05) is 13.7 Å². The lowest BCUT2D eigenvalue weighted by molar-refractivity contribution is -0.160. The van der Waals surface area contributed by atoms with E-state index in [1.165, 1.54) is 0 Å². The van der Waals surface area contributed by atoms with Crippen molar-refractivity contribution in [1.29, 1.82) is 0 Å². The second kappa shape index (κ2) is 7.84. The number of carbonyl (C=O) groups excluding carboxylic acids is 1. The monoisotopic (exact) mass is 327 g/mol. The van der Waals surface area contributed by atoms with Crippen molar-refractivity contribution in [1.82, 2.24) is 5.32 Å². The second-order valence-electron chi connectivity index (χ2n) is 6.56. The van der Waals surface area contributed by atoms with Gasteiger partial charge in [0.25, 0.3) is 0 Å². The molecule has 1 aliphatic rings. The largest absolute Gasteiger partial charge is 0.497 e. The van der Waals surface area contributed by atoms with Crippen LogP contribution in [0.1, 0.15) is 45.3 Å². The molecular weight excluding hydrogens is 302 g/mol. The lowest BCUT2D eigenvalue weighted by Gasteiger charge is -2.28. The predicted molar refractivity (Wildman–Crippen MR) is 89.6 cm³/mol. The summed E-state index contributed by atoms with van der Waals surface area (Å²) in [4.78, 5) is 12.3. The SMILES string of the molecule is COc1cccc(C(OC(=O)C(C)(C)C)[C@@H]2CCCN2)c1.Cl. The number of rotatable bonds is 4. The summed E-state index contributed by atoms with van der Waals surface area (Å²) < 4.78 is 11.1. The van der Waals surface area contributed by atoms with Crippen LogP contribution in [-0.4, -0.2) is 25.7 Å². The molecule has 1 fully saturated rings. The number of hydrogen-bond acceptors (Lipinski definition) is 4. The Morgan fingerprint density at radius 1 is 1.36 bits per heavy atom. The van der Waals surface area contributed by atoms with Gasteiger partial charge in [0.05, 0.1) is 12.5 Å². The zero-order valence-corrected chi connectivity index (χ0v) is 14.5. The van der Waals surface area contributed by atoms with Crippen molar-refractivity contribution in [2.24, 2.45) is 5.41 Å². The number of nitrogens with one attached hydrogen (secondary N) is 1. The van der Waals surface area contributed by atoms with Gasteiger partial charge < -0.3 is 14.8 Å². The quantitative estimate of drug-likeness (QED) is 0.860. The summed E-state index contributed by atoms with van der Waals surface area (Å²) in [5, 5.41) is 3.43. The highest BCUT2D eigenvalue weighted by Gasteiger charge is 2.33. The van der Waals surface area contributed by atoms with Crippen molar-refractivity contribution < 1.29 is 14.3 Å². The molecule has 1 aromatic carbocycles. The molecule has 5 heteroatoms. The van der Waals surface area contributed by atoms with Crippen LogP contribution >= 0.6 is 12.4 Å². The first-order valence-corrected chi connectivity index (χ1v) is 7.50. The van der Waals surface area contributed by atoms with Crippen LogP contribution in [0, 0.1) is 5.41 Å². The van der Waals surface area contributed by atoms with Gasteiger partial charge in [-0.2, -0.15) is 0 Å². The maximum Gasteiger partial charge on any atom is 0.311 e. The summed E-state index contributed by atoms with van der Waals surface area (Å²) in [7, 11) is 1.64. The molecule has 0 saturated carbocycles. The molecule has 124 valence electrons. The summed E-state index contributed by atoms with van der Waals surface area (Å²) in [6, 6.07) is 7.93. The number of halogens is 1. The Morgan fingerprint density at radius 2 is 2.09 bits per heavy atom. The normalized spacial score (nSPS) is 19.2. The minimum absolute atomic E-state index is 0. The Bertz CT molecular complexity index is 493. The molecule has 2 rings (SSSR count). The highest BCUT2D eigenvalue weighted by Crippen LogP contribution is 2.31. The predicted octanol–water partition coefficient (Wildman–Crippen LogP) is 3.50. The molecule has 1 N–H and O–H groups in total. The van der Waals surface area contributed by atoms with Crippen LogP contribution in [0.5, 0.6) is 5.75 Å². The third kappa shape index (κ3) is 4.62. The summed E-state index contributed by atoms with van der Waals surface area (Å²) in [5.41, 5.74) is 0.474. The van der Waals surface area contributed by atoms with E-state index in [9.17, 15) is 4.79 Å². The van der Waals surface area contributed by atoms with Crippen LogP contribution in [0.2, 0.25) is 0 Å². The van der Waals surface area contributed by atoms with Gasteiger partial charge in [-0.1, -0.05) is 12.1 Å². The molecule has 0 bridgehead atoms. The highest BCUT2D eigenvalue weighted by atomic mass is 35.5. The maximum atomic E-state index is 12.3. The lowest BCUT2D eigenvalue weighted by atomic mass is 9.96. The number of ether oxygens (including phenoxy) is 2. The minimum atomic E-state index is -0.504. The van der Waals surface area contributed by atoms with Crippen molar-refractivity contribution in [3.63, 3.8) is 0 Å². The van der Waals surface area contributed by atoms with Crippen molar-refractivity contribution >= 4 is 18.4 Å². The number of methoxy groups -OCH3 is 1. The number of esters is 1. The van der Waals surface area contributed by atoms with Gasteiger partial charge in [-0.05, 0) is 57.9 Å². The molecule has 1 saturated heterocycles. The van der Waals surface area contributed by atoms with Gasteiger partial charge in [0.2, 0.25) is 0 Å². The van der Waals surface area contributed by atoms with Crippen LogP contribution in [0.4, 0.5) is 0 Å².